The van der Waals surface area contributed by atoms with Gasteiger partial charge in [-0.3, -0.25) is 5.43 Å². The first-order valence-electron chi connectivity index (χ1n) is 5.51. The number of benzene rings is 1. The number of H-pyrrole nitrogens is 1. The van der Waals surface area contributed by atoms with Crippen LogP contribution in [0.4, 0.5) is 10.2 Å². The van der Waals surface area contributed by atoms with Gasteiger partial charge in [-0.15, -0.1) is 0 Å². The van der Waals surface area contributed by atoms with Crippen molar-refractivity contribution in [1.29, 1.82) is 0 Å². The molecule has 0 radical (unpaired) electrons. The quantitative estimate of drug-likeness (QED) is 0.554. The number of hydrogen-bond acceptors (Lipinski definition) is 5. The normalized spacial score (nSPS) is 11.2. The molecule has 0 bridgehead atoms. The third kappa shape index (κ3) is 2.39. The highest BCUT2D eigenvalue weighted by Crippen LogP contribution is 2.13. The van der Waals surface area contributed by atoms with Crippen molar-refractivity contribution in [2.45, 2.75) is 0 Å². The molecule has 0 saturated heterocycles. The van der Waals surface area contributed by atoms with Crippen LogP contribution in [0.1, 0.15) is 5.56 Å². The number of halogens is 1. The number of nitrogens with one attached hydrogen (secondary N) is 2. The number of hydrogen-bond donors (Lipinski definition) is 2. The van der Waals surface area contributed by atoms with Crippen LogP contribution in [0.5, 0.6) is 0 Å². The number of imidazole rings is 1. The lowest BCUT2D eigenvalue weighted by atomic mass is 10.2. The maximum atomic E-state index is 13.0. The van der Waals surface area contributed by atoms with Crippen molar-refractivity contribution in [3.63, 3.8) is 0 Å². The fourth-order valence-corrected chi connectivity index (χ4v) is 1.60. The van der Waals surface area contributed by atoms with E-state index in [2.05, 4.69) is 30.5 Å². The topological polar surface area (TPSA) is 78.8 Å². The molecule has 0 atom stereocenters. The highest BCUT2D eigenvalue weighted by Gasteiger charge is 2.03. The van der Waals surface area contributed by atoms with Crippen LogP contribution < -0.4 is 5.43 Å². The van der Waals surface area contributed by atoms with Crippen LogP contribution in [0, 0.1) is 5.82 Å². The van der Waals surface area contributed by atoms with Crippen LogP contribution in [0.3, 0.4) is 0 Å². The summed E-state index contributed by atoms with van der Waals surface area (Å²) in [6.45, 7) is 0. The number of rotatable bonds is 3. The van der Waals surface area contributed by atoms with E-state index in [0.717, 1.165) is 0 Å². The minimum absolute atomic E-state index is 0.304. The molecule has 6 nitrogen and oxygen atoms in total. The van der Waals surface area contributed by atoms with E-state index >= 15 is 0 Å². The summed E-state index contributed by atoms with van der Waals surface area (Å²) >= 11 is 0. The molecular weight excluding hydrogens is 247 g/mol. The molecule has 0 aliphatic rings. The average Bonchev–Trinajstić information content (AvgIpc) is 2.88. The van der Waals surface area contributed by atoms with Gasteiger partial charge in [-0.2, -0.15) is 5.10 Å². The zero-order chi connectivity index (χ0) is 13.1. The molecule has 94 valence electrons. The number of hydrazone groups is 1. The predicted octanol–water partition coefficient (Wildman–Crippen LogP) is 1.94. The molecule has 2 N–H and O–H groups in total. The molecule has 0 fully saturated rings. The summed E-state index contributed by atoms with van der Waals surface area (Å²) in [7, 11) is 0. The summed E-state index contributed by atoms with van der Waals surface area (Å²) in [5.74, 6) is 0.206. The molecule has 0 amide bonds. The first kappa shape index (κ1) is 11.3. The summed E-state index contributed by atoms with van der Waals surface area (Å²) in [6.07, 6.45) is 4.43. The largest absolute Gasteiger partial charge is 0.340 e. The minimum atomic E-state index is -0.304. The van der Waals surface area contributed by atoms with Crippen molar-refractivity contribution in [2.24, 2.45) is 5.10 Å². The van der Waals surface area contributed by atoms with Gasteiger partial charge < -0.3 is 4.98 Å². The van der Waals surface area contributed by atoms with Gasteiger partial charge in [0.1, 0.15) is 17.7 Å². The van der Waals surface area contributed by atoms with Gasteiger partial charge in [0.2, 0.25) is 0 Å². The molecular formula is C12H9FN6. The molecule has 7 heteroatoms. The van der Waals surface area contributed by atoms with Crippen LogP contribution in [0.15, 0.2) is 42.0 Å². The lowest BCUT2D eigenvalue weighted by Gasteiger charge is -1.99. The third-order valence-corrected chi connectivity index (χ3v) is 2.46. The number of fused-ring (bicyclic) bond motifs is 1. The van der Waals surface area contributed by atoms with Crippen molar-refractivity contribution in [3.05, 3.63) is 48.3 Å². The molecule has 3 aromatic rings. The van der Waals surface area contributed by atoms with Crippen LogP contribution in [-0.2, 0) is 0 Å². The summed E-state index contributed by atoms with van der Waals surface area (Å²) in [6, 6.07) is 6.13. The van der Waals surface area contributed by atoms with Gasteiger partial charge in [0.25, 0.3) is 0 Å². The van der Waals surface area contributed by atoms with E-state index in [1.165, 1.54) is 31.0 Å². The van der Waals surface area contributed by atoms with E-state index in [4.69, 9.17) is 0 Å². The smallest absolute Gasteiger partial charge is 0.182 e. The first-order chi connectivity index (χ1) is 9.33. The molecule has 3 rings (SSSR count). The minimum Gasteiger partial charge on any atom is -0.340 e. The maximum Gasteiger partial charge on any atom is 0.182 e. The number of aromatic amines is 1. The van der Waals surface area contributed by atoms with Crippen molar-refractivity contribution in [3.8, 4) is 0 Å². The van der Waals surface area contributed by atoms with Gasteiger partial charge in [0, 0.05) is 0 Å². The summed E-state index contributed by atoms with van der Waals surface area (Å²) < 4.78 is 13.0. The van der Waals surface area contributed by atoms with E-state index in [-0.39, 0.29) is 5.82 Å². The second-order valence-electron chi connectivity index (χ2n) is 3.75. The fourth-order valence-electron chi connectivity index (χ4n) is 1.60. The standard InChI is InChI=1S/C12H9FN6/c13-9-3-1-2-8(4-9)5-18-19-12-10-11(15-6-14-10)16-7-17-12/h1-7H,(H2,14,15,16,17,19)/b18-5+. The van der Waals surface area contributed by atoms with Crippen molar-refractivity contribution in [2.75, 3.05) is 5.43 Å². The Hall–Kier alpha value is -2.83. The Morgan fingerprint density at radius 2 is 2.21 bits per heavy atom. The molecule has 1 aromatic carbocycles. The lowest BCUT2D eigenvalue weighted by molar-refractivity contribution is 0.627. The highest BCUT2D eigenvalue weighted by molar-refractivity contribution is 5.84. The van der Waals surface area contributed by atoms with E-state index in [1.54, 1.807) is 12.1 Å². The van der Waals surface area contributed by atoms with Gasteiger partial charge in [0.15, 0.2) is 11.5 Å². The Bertz CT molecular complexity index is 736. The molecule has 19 heavy (non-hydrogen) atoms. The van der Waals surface area contributed by atoms with Gasteiger partial charge in [-0.25, -0.2) is 19.3 Å². The van der Waals surface area contributed by atoms with Crippen LogP contribution in [0.25, 0.3) is 11.2 Å². The Kier molecular flexibility index (Phi) is 2.85. The molecule has 0 spiro atoms. The third-order valence-electron chi connectivity index (χ3n) is 2.46. The zero-order valence-corrected chi connectivity index (χ0v) is 9.71. The molecule has 0 unspecified atom stereocenters. The molecule has 0 saturated carbocycles. The van der Waals surface area contributed by atoms with Crippen molar-refractivity contribution >= 4 is 23.2 Å². The lowest BCUT2D eigenvalue weighted by Crippen LogP contribution is -1.95. The van der Waals surface area contributed by atoms with Crippen molar-refractivity contribution in [1.82, 2.24) is 19.9 Å². The summed E-state index contributed by atoms with van der Waals surface area (Å²) in [5.41, 5.74) is 4.64. The number of aromatic nitrogens is 4. The van der Waals surface area contributed by atoms with Gasteiger partial charge >= 0.3 is 0 Å². The highest BCUT2D eigenvalue weighted by atomic mass is 19.1. The SMILES string of the molecule is Fc1cccc(/C=N/Nc2ncnc3nc[nH]c23)c1. The van der Waals surface area contributed by atoms with Gasteiger partial charge in [-0.05, 0) is 17.7 Å². The summed E-state index contributed by atoms with van der Waals surface area (Å²) in [5, 5.41) is 4.00. The second-order valence-corrected chi connectivity index (χ2v) is 3.75. The summed E-state index contributed by atoms with van der Waals surface area (Å²) in [4.78, 5) is 15.0. The molecule has 2 heterocycles. The zero-order valence-electron chi connectivity index (χ0n) is 9.71. The maximum absolute atomic E-state index is 13.0. The second kappa shape index (κ2) is 4.81. The Labute approximate surface area is 107 Å². The van der Waals surface area contributed by atoms with Crippen LogP contribution >= 0.6 is 0 Å². The number of anilines is 1. The van der Waals surface area contributed by atoms with Crippen LogP contribution in [0.2, 0.25) is 0 Å². The average molecular weight is 256 g/mol. The predicted molar refractivity (Wildman–Crippen MR) is 69.3 cm³/mol. The van der Waals surface area contributed by atoms with Crippen molar-refractivity contribution < 1.29 is 4.39 Å². The van der Waals surface area contributed by atoms with E-state index < -0.39 is 0 Å². The monoisotopic (exact) mass is 256 g/mol. The van der Waals surface area contributed by atoms with E-state index in [1.807, 2.05) is 0 Å². The fraction of sp³-hybridized carbons (Fsp3) is 0. The Morgan fingerprint density at radius 3 is 3.11 bits per heavy atom. The van der Waals surface area contributed by atoms with E-state index in [9.17, 15) is 4.39 Å². The molecule has 0 aliphatic carbocycles. The van der Waals surface area contributed by atoms with E-state index in [0.29, 0.717) is 22.5 Å². The first-order valence-corrected chi connectivity index (χ1v) is 5.51. The molecule has 0 aliphatic heterocycles. The molecule has 2 aromatic heterocycles. The van der Waals surface area contributed by atoms with Gasteiger partial charge in [0.05, 0.1) is 12.5 Å². The Morgan fingerprint density at radius 1 is 1.26 bits per heavy atom. The Balaban J connectivity index is 1.81. The van der Waals surface area contributed by atoms with Gasteiger partial charge in [-0.1, -0.05) is 12.1 Å². The number of nitrogens with zero attached hydrogens (tertiary/aromatic N) is 4. The van der Waals surface area contributed by atoms with Crippen LogP contribution in [-0.4, -0.2) is 26.2 Å².